The predicted molar refractivity (Wildman–Crippen MR) is 98.6 cm³/mol. The van der Waals surface area contributed by atoms with Crippen molar-refractivity contribution in [3.63, 3.8) is 0 Å². The van der Waals surface area contributed by atoms with E-state index in [2.05, 4.69) is 4.98 Å². The number of sulfonamides is 1. The van der Waals surface area contributed by atoms with Crippen LogP contribution in [0.5, 0.6) is 0 Å². The first-order valence-corrected chi connectivity index (χ1v) is 10.7. The van der Waals surface area contributed by atoms with Crippen LogP contribution in [0.3, 0.4) is 0 Å². The number of carbonyl (C=O) groups excluding carboxylic acids is 1. The van der Waals surface area contributed by atoms with Crippen LogP contribution in [0, 0.1) is 0 Å². The highest BCUT2D eigenvalue weighted by Crippen LogP contribution is 2.15. The molecule has 0 saturated carbocycles. The van der Waals surface area contributed by atoms with Crippen LogP contribution < -0.4 is 0 Å². The van der Waals surface area contributed by atoms with Gasteiger partial charge in [-0.1, -0.05) is 6.42 Å². The van der Waals surface area contributed by atoms with Gasteiger partial charge in [0.1, 0.15) is 0 Å². The number of hydrogen-bond donors (Lipinski definition) is 0. The second-order valence-corrected chi connectivity index (χ2v) is 8.74. The number of pyridine rings is 1. The summed E-state index contributed by atoms with van der Waals surface area (Å²) in [6.45, 7) is 1.97. The Hall–Kier alpha value is -1.47. The van der Waals surface area contributed by atoms with Gasteiger partial charge in [0.25, 0.3) is 0 Å². The molecule has 1 aliphatic heterocycles. The lowest BCUT2D eigenvalue weighted by Gasteiger charge is -2.25. The number of unbranched alkanes of at least 4 members (excludes halogenated alkanes) is 1. The summed E-state index contributed by atoms with van der Waals surface area (Å²) in [5.41, 5.74) is 1.15. The monoisotopic (exact) mass is 367 g/mol. The van der Waals surface area contributed by atoms with E-state index in [-0.39, 0.29) is 11.7 Å². The van der Waals surface area contributed by atoms with E-state index in [1.807, 2.05) is 12.1 Å². The van der Waals surface area contributed by atoms with Gasteiger partial charge in [-0.15, -0.1) is 0 Å². The zero-order valence-electron chi connectivity index (χ0n) is 15.1. The van der Waals surface area contributed by atoms with Gasteiger partial charge in [-0.2, -0.15) is 0 Å². The number of carbonyl (C=O) groups is 1. The molecule has 2 heterocycles. The molecular weight excluding hydrogens is 338 g/mol. The topological polar surface area (TPSA) is 70.6 Å². The average molecular weight is 368 g/mol. The van der Waals surface area contributed by atoms with Gasteiger partial charge in [-0.3, -0.25) is 9.78 Å². The van der Waals surface area contributed by atoms with Crippen molar-refractivity contribution in [3.05, 3.63) is 30.1 Å². The summed E-state index contributed by atoms with van der Waals surface area (Å²) in [6.07, 6.45) is 8.90. The molecular formula is C18H29N3O3S. The Morgan fingerprint density at radius 1 is 1.16 bits per heavy atom. The van der Waals surface area contributed by atoms with Gasteiger partial charge in [0.15, 0.2) is 0 Å². The predicted octanol–water partition coefficient (Wildman–Crippen LogP) is 2.07. The van der Waals surface area contributed by atoms with Crippen molar-refractivity contribution < 1.29 is 13.2 Å². The fraction of sp³-hybridized carbons (Fsp3) is 0.667. The Morgan fingerprint density at radius 2 is 1.84 bits per heavy atom. The molecule has 25 heavy (non-hydrogen) atoms. The van der Waals surface area contributed by atoms with Gasteiger partial charge in [0.2, 0.25) is 15.9 Å². The van der Waals surface area contributed by atoms with Gasteiger partial charge in [0.05, 0.1) is 5.75 Å². The van der Waals surface area contributed by atoms with Crippen molar-refractivity contribution in [1.82, 2.24) is 14.2 Å². The molecule has 1 aromatic heterocycles. The van der Waals surface area contributed by atoms with Gasteiger partial charge in [-0.25, -0.2) is 12.7 Å². The zero-order chi connectivity index (χ0) is 18.1. The van der Waals surface area contributed by atoms with Crippen molar-refractivity contribution in [2.24, 2.45) is 0 Å². The van der Waals surface area contributed by atoms with Gasteiger partial charge in [0, 0.05) is 45.5 Å². The molecule has 1 fully saturated rings. The molecule has 0 unspecified atom stereocenters. The Labute approximate surface area is 151 Å². The molecule has 0 aromatic carbocycles. The van der Waals surface area contributed by atoms with Crippen molar-refractivity contribution >= 4 is 15.9 Å². The largest absolute Gasteiger partial charge is 0.345 e. The van der Waals surface area contributed by atoms with Gasteiger partial charge >= 0.3 is 0 Å². The lowest BCUT2D eigenvalue weighted by Crippen LogP contribution is -2.37. The lowest BCUT2D eigenvalue weighted by molar-refractivity contribution is -0.129. The number of piperidine rings is 1. The summed E-state index contributed by atoms with van der Waals surface area (Å²) in [4.78, 5) is 17.8. The van der Waals surface area contributed by atoms with E-state index >= 15 is 0 Å². The SMILES string of the molecule is CN(CCc1ccncc1)C(=O)CCCCS(=O)(=O)N1CCCCC1. The van der Waals surface area contributed by atoms with Crippen LogP contribution in [0.1, 0.15) is 44.1 Å². The van der Waals surface area contributed by atoms with E-state index in [9.17, 15) is 13.2 Å². The summed E-state index contributed by atoms with van der Waals surface area (Å²) < 4.78 is 26.1. The van der Waals surface area contributed by atoms with Crippen molar-refractivity contribution in [3.8, 4) is 0 Å². The fourth-order valence-corrected chi connectivity index (χ4v) is 4.64. The zero-order valence-corrected chi connectivity index (χ0v) is 15.9. The van der Waals surface area contributed by atoms with Crippen molar-refractivity contribution in [2.75, 3.05) is 32.4 Å². The molecule has 140 valence electrons. The summed E-state index contributed by atoms with van der Waals surface area (Å²) in [7, 11) is -1.35. The molecule has 6 nitrogen and oxygen atoms in total. The molecule has 2 rings (SSSR count). The highest BCUT2D eigenvalue weighted by Gasteiger charge is 2.23. The minimum Gasteiger partial charge on any atom is -0.345 e. The summed E-state index contributed by atoms with van der Waals surface area (Å²) >= 11 is 0. The average Bonchev–Trinajstić information content (AvgIpc) is 2.64. The van der Waals surface area contributed by atoms with Crippen LogP contribution in [-0.4, -0.2) is 60.9 Å². The van der Waals surface area contributed by atoms with E-state index in [0.29, 0.717) is 38.9 Å². The summed E-state index contributed by atoms with van der Waals surface area (Å²) in [6, 6.07) is 3.90. The van der Waals surface area contributed by atoms with Crippen molar-refractivity contribution in [1.29, 1.82) is 0 Å². The third-order valence-corrected chi connectivity index (χ3v) is 6.62. The fourth-order valence-electron chi connectivity index (χ4n) is 2.99. The Balaban J connectivity index is 1.64. The van der Waals surface area contributed by atoms with Crippen LogP contribution >= 0.6 is 0 Å². The van der Waals surface area contributed by atoms with Crippen molar-refractivity contribution in [2.45, 2.75) is 44.9 Å². The maximum Gasteiger partial charge on any atom is 0.222 e. The number of likely N-dealkylation sites (N-methyl/N-ethyl adjacent to an activating group) is 1. The van der Waals surface area contributed by atoms with E-state index in [1.165, 1.54) is 0 Å². The van der Waals surface area contributed by atoms with Gasteiger partial charge < -0.3 is 4.90 Å². The highest BCUT2D eigenvalue weighted by atomic mass is 32.2. The second kappa shape index (κ2) is 9.87. The molecule has 0 N–H and O–H groups in total. The van der Waals surface area contributed by atoms with Crippen LogP contribution in [-0.2, 0) is 21.2 Å². The van der Waals surface area contributed by atoms with E-state index < -0.39 is 10.0 Å². The molecule has 1 saturated heterocycles. The maximum atomic E-state index is 12.2. The first-order chi connectivity index (χ1) is 12.0. The van der Waals surface area contributed by atoms with Crippen LogP contribution in [0.2, 0.25) is 0 Å². The number of hydrogen-bond acceptors (Lipinski definition) is 4. The lowest BCUT2D eigenvalue weighted by atomic mass is 10.2. The van der Waals surface area contributed by atoms with Crippen LogP contribution in [0.15, 0.2) is 24.5 Å². The third kappa shape index (κ3) is 6.74. The first-order valence-electron chi connectivity index (χ1n) is 9.10. The number of rotatable bonds is 9. The van der Waals surface area contributed by atoms with Gasteiger partial charge in [-0.05, 0) is 49.8 Å². The molecule has 0 atom stereocenters. The van der Waals surface area contributed by atoms with E-state index in [1.54, 1.807) is 28.6 Å². The molecule has 1 amide bonds. The molecule has 1 aliphatic rings. The standard InChI is InChI=1S/C18H29N3O3S/c1-20(15-10-17-8-11-19-12-9-17)18(22)7-3-6-16-25(23,24)21-13-4-2-5-14-21/h8-9,11-12H,2-7,10,13-16H2,1H3. The Kier molecular flexibility index (Phi) is 7.84. The molecule has 0 spiro atoms. The number of nitrogens with zero attached hydrogens (tertiary/aromatic N) is 3. The molecule has 1 aromatic rings. The number of aromatic nitrogens is 1. The third-order valence-electron chi connectivity index (χ3n) is 4.66. The minimum atomic E-state index is -3.15. The maximum absolute atomic E-state index is 12.2. The first kappa shape index (κ1) is 19.8. The smallest absolute Gasteiger partial charge is 0.222 e. The Morgan fingerprint density at radius 3 is 2.52 bits per heavy atom. The van der Waals surface area contributed by atoms with E-state index in [4.69, 9.17) is 0 Å². The van der Waals surface area contributed by atoms with Crippen LogP contribution in [0.25, 0.3) is 0 Å². The number of amides is 1. The molecule has 0 bridgehead atoms. The summed E-state index contributed by atoms with van der Waals surface area (Å²) in [5, 5.41) is 0. The molecule has 0 radical (unpaired) electrons. The second-order valence-electron chi connectivity index (χ2n) is 6.65. The minimum absolute atomic E-state index is 0.0735. The quantitative estimate of drug-likeness (QED) is 0.627. The normalized spacial score (nSPS) is 15.9. The van der Waals surface area contributed by atoms with E-state index in [0.717, 1.165) is 31.2 Å². The summed E-state index contributed by atoms with van der Waals surface area (Å²) in [5.74, 6) is 0.227. The van der Waals surface area contributed by atoms with Crippen LogP contribution in [0.4, 0.5) is 0 Å². The Bertz CT molecular complexity index is 628. The highest BCUT2D eigenvalue weighted by molar-refractivity contribution is 7.89. The molecule has 0 aliphatic carbocycles. The molecule has 7 heteroatoms.